The van der Waals surface area contributed by atoms with Crippen LogP contribution in [0, 0.1) is 5.92 Å². The van der Waals surface area contributed by atoms with Crippen LogP contribution in [0.25, 0.3) is 0 Å². The van der Waals surface area contributed by atoms with Crippen molar-refractivity contribution in [2.45, 2.75) is 39.2 Å². The molecule has 0 radical (unpaired) electrons. The molecule has 0 saturated carbocycles. The quantitative estimate of drug-likeness (QED) is 0.875. The molecule has 0 aliphatic carbocycles. The van der Waals surface area contributed by atoms with E-state index < -0.39 is 0 Å². The first-order valence-corrected chi connectivity index (χ1v) is 7.83. The van der Waals surface area contributed by atoms with Crippen molar-refractivity contribution < 1.29 is 4.79 Å². The predicted octanol–water partition coefficient (Wildman–Crippen LogP) is 2.84. The van der Waals surface area contributed by atoms with Gasteiger partial charge in [-0.1, -0.05) is 26.0 Å². The van der Waals surface area contributed by atoms with Crippen LogP contribution in [0.3, 0.4) is 0 Å². The van der Waals surface area contributed by atoms with Gasteiger partial charge in [0.15, 0.2) is 0 Å². The maximum atomic E-state index is 12.1. The summed E-state index contributed by atoms with van der Waals surface area (Å²) in [5.74, 6) is 1.08. The number of benzene rings is 1. The lowest BCUT2D eigenvalue weighted by atomic mass is 10.0. The van der Waals surface area contributed by atoms with Gasteiger partial charge in [0.1, 0.15) is 0 Å². The largest absolute Gasteiger partial charge is 0.328 e. The lowest BCUT2D eigenvalue weighted by Crippen LogP contribution is -2.34. The van der Waals surface area contributed by atoms with Crippen molar-refractivity contribution in [2.75, 3.05) is 25.0 Å². The molecule has 3 N–H and O–H groups in total. The molecule has 1 saturated heterocycles. The van der Waals surface area contributed by atoms with Gasteiger partial charge in [-0.25, -0.2) is 0 Å². The lowest BCUT2D eigenvalue weighted by molar-refractivity contribution is -0.117. The fraction of sp³-hybridized carbons (Fsp3) is 0.588. The summed E-state index contributed by atoms with van der Waals surface area (Å²) in [6.07, 6.45) is 1.09. The molecule has 1 aromatic rings. The first-order valence-electron chi connectivity index (χ1n) is 7.83. The van der Waals surface area contributed by atoms with Crippen LogP contribution in [-0.2, 0) is 4.79 Å². The molecule has 0 aromatic heterocycles. The van der Waals surface area contributed by atoms with Gasteiger partial charge in [-0.2, -0.15) is 0 Å². The topological polar surface area (TPSA) is 58.4 Å². The van der Waals surface area contributed by atoms with Crippen LogP contribution in [0.1, 0.15) is 38.7 Å². The number of halogens is 1. The van der Waals surface area contributed by atoms with Crippen LogP contribution in [0.5, 0.6) is 0 Å². The monoisotopic (exact) mass is 325 g/mol. The normalized spacial score (nSPS) is 19.8. The van der Waals surface area contributed by atoms with Gasteiger partial charge in [-0.05, 0) is 49.4 Å². The van der Waals surface area contributed by atoms with Crippen LogP contribution >= 0.6 is 12.4 Å². The number of anilines is 1. The summed E-state index contributed by atoms with van der Waals surface area (Å²) in [7, 11) is 0. The molecule has 2 atom stereocenters. The summed E-state index contributed by atoms with van der Waals surface area (Å²) in [5, 5.41) is 2.97. The Morgan fingerprint density at radius 1 is 1.32 bits per heavy atom. The van der Waals surface area contributed by atoms with E-state index in [4.69, 9.17) is 5.73 Å². The van der Waals surface area contributed by atoms with Crippen LogP contribution in [0.15, 0.2) is 24.3 Å². The van der Waals surface area contributed by atoms with Crippen molar-refractivity contribution in [1.82, 2.24) is 4.90 Å². The second-order valence-electron chi connectivity index (χ2n) is 6.47. The van der Waals surface area contributed by atoms with E-state index in [1.165, 1.54) is 5.56 Å². The van der Waals surface area contributed by atoms with Gasteiger partial charge in [-0.3, -0.25) is 9.69 Å². The fourth-order valence-corrected chi connectivity index (χ4v) is 2.79. The molecule has 2 unspecified atom stereocenters. The van der Waals surface area contributed by atoms with Crippen molar-refractivity contribution >= 4 is 24.0 Å². The highest BCUT2D eigenvalue weighted by Gasteiger charge is 2.26. The summed E-state index contributed by atoms with van der Waals surface area (Å²) in [6.45, 7) is 8.72. The Kier molecular flexibility index (Phi) is 7.33. The van der Waals surface area contributed by atoms with Gasteiger partial charge in [0.05, 0.1) is 6.54 Å². The molecule has 22 heavy (non-hydrogen) atoms. The molecule has 1 fully saturated rings. The predicted molar refractivity (Wildman–Crippen MR) is 94.6 cm³/mol. The number of carbonyl (C=O) groups excluding carboxylic acids is 1. The fourth-order valence-electron chi connectivity index (χ4n) is 2.79. The summed E-state index contributed by atoms with van der Waals surface area (Å²) < 4.78 is 0. The first kappa shape index (κ1) is 18.9. The van der Waals surface area contributed by atoms with E-state index in [-0.39, 0.29) is 24.4 Å². The molecule has 0 spiro atoms. The molecule has 1 amide bonds. The third-order valence-corrected chi connectivity index (χ3v) is 4.28. The highest BCUT2D eigenvalue weighted by atomic mass is 35.5. The summed E-state index contributed by atoms with van der Waals surface area (Å²) in [4.78, 5) is 14.3. The number of hydrogen-bond donors (Lipinski definition) is 2. The van der Waals surface area contributed by atoms with E-state index in [0.29, 0.717) is 18.4 Å². The zero-order valence-electron chi connectivity index (χ0n) is 13.7. The van der Waals surface area contributed by atoms with E-state index in [1.54, 1.807) is 0 Å². The number of likely N-dealkylation sites (tertiary alicyclic amines) is 1. The number of hydrogen-bond acceptors (Lipinski definition) is 3. The molecule has 1 aromatic carbocycles. The van der Waals surface area contributed by atoms with Crippen LogP contribution in [0.2, 0.25) is 0 Å². The lowest BCUT2D eigenvalue weighted by Gasteiger charge is -2.17. The van der Waals surface area contributed by atoms with Crippen LogP contribution in [0.4, 0.5) is 5.69 Å². The standard InChI is InChI=1S/C17H27N3O.ClH/c1-12(2)14-4-6-16(7-5-14)19-17(21)11-20-9-8-15(10-20)13(3)18;/h4-7,12-13,15H,8-11,18H2,1-3H3,(H,19,21);1H. The van der Waals surface area contributed by atoms with Crippen molar-refractivity contribution in [3.05, 3.63) is 29.8 Å². The zero-order valence-corrected chi connectivity index (χ0v) is 14.5. The van der Waals surface area contributed by atoms with Crippen LogP contribution in [-0.4, -0.2) is 36.5 Å². The number of carbonyl (C=O) groups is 1. The van der Waals surface area contributed by atoms with E-state index >= 15 is 0 Å². The van der Waals surface area contributed by atoms with Gasteiger partial charge in [0.2, 0.25) is 5.91 Å². The summed E-state index contributed by atoms with van der Waals surface area (Å²) in [6, 6.07) is 8.30. The number of nitrogens with two attached hydrogens (primary N) is 1. The molecule has 1 aliphatic rings. The molecule has 1 aliphatic heterocycles. The van der Waals surface area contributed by atoms with Gasteiger partial charge in [0, 0.05) is 18.3 Å². The molecular weight excluding hydrogens is 298 g/mol. The second-order valence-corrected chi connectivity index (χ2v) is 6.47. The number of amides is 1. The van der Waals surface area contributed by atoms with Crippen LogP contribution < -0.4 is 11.1 Å². The molecule has 1 heterocycles. The Labute approximate surface area is 139 Å². The van der Waals surface area contributed by atoms with Crippen molar-refractivity contribution in [1.29, 1.82) is 0 Å². The molecular formula is C17H28ClN3O. The Morgan fingerprint density at radius 3 is 2.45 bits per heavy atom. The van der Waals surface area contributed by atoms with E-state index in [9.17, 15) is 4.79 Å². The maximum absolute atomic E-state index is 12.1. The molecule has 2 rings (SSSR count). The third-order valence-electron chi connectivity index (χ3n) is 4.28. The van der Waals surface area contributed by atoms with Gasteiger partial charge in [0.25, 0.3) is 0 Å². The Balaban J connectivity index is 0.00000242. The average Bonchev–Trinajstić information content (AvgIpc) is 2.87. The van der Waals surface area contributed by atoms with Gasteiger partial charge in [-0.15, -0.1) is 12.4 Å². The number of nitrogens with one attached hydrogen (secondary N) is 1. The van der Waals surface area contributed by atoms with Crippen molar-refractivity contribution in [3.63, 3.8) is 0 Å². The van der Waals surface area contributed by atoms with E-state index in [1.807, 2.05) is 19.1 Å². The molecule has 124 valence electrons. The van der Waals surface area contributed by atoms with Crippen molar-refractivity contribution in [2.24, 2.45) is 11.7 Å². The number of rotatable bonds is 5. The Hall–Kier alpha value is -1.10. The molecule has 0 bridgehead atoms. The molecule has 5 heteroatoms. The summed E-state index contributed by atoms with van der Waals surface area (Å²) in [5.41, 5.74) is 8.08. The average molecular weight is 326 g/mol. The third kappa shape index (κ3) is 5.27. The summed E-state index contributed by atoms with van der Waals surface area (Å²) >= 11 is 0. The van der Waals surface area contributed by atoms with E-state index in [0.717, 1.165) is 25.2 Å². The SMILES string of the molecule is CC(C)c1ccc(NC(=O)CN2CCC(C(C)N)C2)cc1.Cl. The molecule has 4 nitrogen and oxygen atoms in total. The minimum Gasteiger partial charge on any atom is -0.328 e. The number of nitrogens with zero attached hydrogens (tertiary/aromatic N) is 1. The zero-order chi connectivity index (χ0) is 15.4. The minimum absolute atomic E-state index is 0. The Morgan fingerprint density at radius 2 is 1.95 bits per heavy atom. The van der Waals surface area contributed by atoms with Crippen molar-refractivity contribution in [3.8, 4) is 0 Å². The maximum Gasteiger partial charge on any atom is 0.238 e. The highest BCUT2D eigenvalue weighted by Crippen LogP contribution is 2.19. The first-order chi connectivity index (χ1) is 9.95. The minimum atomic E-state index is 0. The Bertz CT molecular complexity index is 473. The van der Waals surface area contributed by atoms with Gasteiger partial charge >= 0.3 is 0 Å². The smallest absolute Gasteiger partial charge is 0.238 e. The van der Waals surface area contributed by atoms with E-state index in [2.05, 4.69) is 36.2 Å². The highest BCUT2D eigenvalue weighted by molar-refractivity contribution is 5.92. The second kappa shape index (κ2) is 8.51. The van der Waals surface area contributed by atoms with Gasteiger partial charge < -0.3 is 11.1 Å².